The van der Waals surface area contributed by atoms with Crippen molar-refractivity contribution in [3.05, 3.63) is 0 Å². The lowest BCUT2D eigenvalue weighted by molar-refractivity contribution is -0.141. The van der Waals surface area contributed by atoms with Gasteiger partial charge in [-0.25, -0.2) is 9.59 Å². The number of hydrogen-bond donors (Lipinski definition) is 10. The van der Waals surface area contributed by atoms with Crippen molar-refractivity contribution in [2.24, 2.45) is 0 Å². The Labute approximate surface area is 381 Å². The molecule has 0 spiro atoms. The van der Waals surface area contributed by atoms with Gasteiger partial charge >= 0.3 is 35.8 Å². The van der Waals surface area contributed by atoms with Crippen molar-refractivity contribution >= 4 is 65.0 Å². The van der Waals surface area contributed by atoms with Gasteiger partial charge in [-0.3, -0.25) is 48.4 Å². The Bertz CT molecular complexity index is 1470. The molecule has 1 aliphatic heterocycles. The molecule has 372 valence electrons. The van der Waals surface area contributed by atoms with Gasteiger partial charge in [0, 0.05) is 78.3 Å². The number of amides is 2. The summed E-state index contributed by atoms with van der Waals surface area (Å²) >= 11 is 5.01. The number of nitrogens with zero attached hydrogens (tertiary/aromatic N) is 4. The molecule has 65 heavy (non-hydrogen) atoms. The number of carboxylic acid groups (broad SMARTS) is 6. The van der Waals surface area contributed by atoms with E-state index in [9.17, 15) is 63.9 Å². The van der Waals surface area contributed by atoms with Crippen LogP contribution in [0.3, 0.4) is 0 Å². The molecule has 0 aliphatic carbocycles. The number of nitrogens with one attached hydrogen (secondary N) is 4. The quantitative estimate of drug-likeness (QED) is 0.0170. The van der Waals surface area contributed by atoms with Crippen molar-refractivity contribution in [1.29, 1.82) is 0 Å². The molecule has 1 heterocycles. The number of carboxylic acids is 6. The first kappa shape index (κ1) is 58.1. The minimum atomic E-state index is -1.33. The third kappa shape index (κ3) is 32.4. The highest BCUT2D eigenvalue weighted by atomic mass is 32.1. The standard InChI is InChI=1S/C38H66N8O18S/c47-30(39-7-2-1-3-28(36(57)58)41-38(65)42-29(37(59)60)4-5-32(49)50)6-17-61-19-20-62-21-22-64-27-63-18-8-40-31(48)23-43-9-11-44(24-33(51)52)13-15-46(26-35(55)56)16-14-45(12-10-43)25-34(53)54/h28-29H,1-27H2,(H,39,47)(H,40,48)(H,49,50)(H,51,52)(H,53,54)(H,55,56)(H,57,58)(H,59,60)(H2,41,42,65)/t28-,29-/m0/s1. The molecule has 0 saturated carbocycles. The summed E-state index contributed by atoms with van der Waals surface area (Å²) in [6.45, 7) is 3.23. The number of ether oxygens (including phenoxy) is 4. The summed E-state index contributed by atoms with van der Waals surface area (Å²) in [6, 6.07) is -2.43. The molecule has 0 aromatic carbocycles. The first-order valence-electron chi connectivity index (χ1n) is 21.1. The second-order valence-corrected chi connectivity index (χ2v) is 15.1. The van der Waals surface area contributed by atoms with Gasteiger partial charge in [-0.15, -0.1) is 0 Å². The average Bonchev–Trinajstić information content (AvgIpc) is 3.21. The number of unbranched alkanes of at least 4 members (excludes halogenated alkanes) is 1. The summed E-state index contributed by atoms with van der Waals surface area (Å²) in [7, 11) is 0. The zero-order valence-electron chi connectivity index (χ0n) is 36.5. The second kappa shape index (κ2) is 35.4. The summed E-state index contributed by atoms with van der Waals surface area (Å²) in [5.41, 5.74) is 0. The molecule has 10 N–H and O–H groups in total. The first-order chi connectivity index (χ1) is 30.9. The first-order valence-corrected chi connectivity index (χ1v) is 21.5. The van der Waals surface area contributed by atoms with Crippen molar-refractivity contribution in [1.82, 2.24) is 40.9 Å². The predicted molar refractivity (Wildman–Crippen MR) is 230 cm³/mol. The molecule has 0 aromatic rings. The van der Waals surface area contributed by atoms with Gasteiger partial charge in [0.05, 0.1) is 65.8 Å². The van der Waals surface area contributed by atoms with E-state index in [1.807, 2.05) is 4.90 Å². The summed E-state index contributed by atoms with van der Waals surface area (Å²) in [4.78, 5) is 99.7. The third-order valence-electron chi connectivity index (χ3n) is 9.42. The van der Waals surface area contributed by atoms with E-state index < -0.39 is 54.3 Å². The Balaban J connectivity index is 2.20. The van der Waals surface area contributed by atoms with E-state index in [0.29, 0.717) is 45.6 Å². The van der Waals surface area contributed by atoms with E-state index >= 15 is 0 Å². The van der Waals surface area contributed by atoms with Crippen LogP contribution in [0.4, 0.5) is 0 Å². The van der Waals surface area contributed by atoms with Crippen molar-refractivity contribution < 1.29 is 87.9 Å². The summed E-state index contributed by atoms with van der Waals surface area (Å²) in [6.07, 6.45) is 0.433. The summed E-state index contributed by atoms with van der Waals surface area (Å²) in [5.74, 6) is -7.41. The van der Waals surface area contributed by atoms with Crippen molar-refractivity contribution in [3.8, 4) is 0 Å². The van der Waals surface area contributed by atoms with E-state index in [0.717, 1.165) is 0 Å². The van der Waals surface area contributed by atoms with Crippen LogP contribution in [-0.4, -0.2) is 253 Å². The van der Waals surface area contributed by atoms with E-state index in [-0.39, 0.29) is 142 Å². The number of rotatable bonds is 34. The molecule has 1 rings (SSSR count). The van der Waals surface area contributed by atoms with Gasteiger partial charge in [0.15, 0.2) is 5.11 Å². The molecule has 1 aliphatic rings. The number of carbonyl (C=O) groups is 8. The van der Waals surface area contributed by atoms with Gasteiger partial charge < -0.3 is 70.9 Å². The lowest BCUT2D eigenvalue weighted by atomic mass is 10.1. The molecule has 26 nitrogen and oxygen atoms in total. The van der Waals surface area contributed by atoms with Crippen molar-refractivity contribution in [2.45, 2.75) is 50.6 Å². The fraction of sp³-hybridized carbons (Fsp3) is 0.763. The highest BCUT2D eigenvalue weighted by Crippen LogP contribution is 2.04. The molecule has 1 saturated heterocycles. The van der Waals surface area contributed by atoms with Crippen LogP contribution in [0.1, 0.15) is 38.5 Å². The molecular formula is C38H66N8O18S. The maximum atomic E-state index is 12.8. The fourth-order valence-electron chi connectivity index (χ4n) is 6.02. The Morgan fingerprint density at radius 3 is 1.34 bits per heavy atom. The highest BCUT2D eigenvalue weighted by molar-refractivity contribution is 7.80. The van der Waals surface area contributed by atoms with Crippen LogP contribution >= 0.6 is 12.2 Å². The highest BCUT2D eigenvalue weighted by Gasteiger charge is 2.24. The summed E-state index contributed by atoms with van der Waals surface area (Å²) < 4.78 is 21.6. The van der Waals surface area contributed by atoms with Crippen LogP contribution in [0, 0.1) is 0 Å². The lowest BCUT2D eigenvalue weighted by Gasteiger charge is -2.32. The largest absolute Gasteiger partial charge is 0.481 e. The lowest BCUT2D eigenvalue weighted by Crippen LogP contribution is -2.51. The average molecular weight is 955 g/mol. The Morgan fingerprint density at radius 2 is 0.877 bits per heavy atom. The van der Waals surface area contributed by atoms with E-state index in [1.165, 1.54) is 0 Å². The fourth-order valence-corrected chi connectivity index (χ4v) is 6.30. The normalized spacial score (nSPS) is 15.6. The van der Waals surface area contributed by atoms with E-state index in [4.69, 9.17) is 36.3 Å². The maximum Gasteiger partial charge on any atom is 0.326 e. The maximum absolute atomic E-state index is 12.8. The zero-order valence-corrected chi connectivity index (χ0v) is 37.3. The molecule has 1 fully saturated rings. The van der Waals surface area contributed by atoms with Gasteiger partial charge in [0.25, 0.3) is 0 Å². The monoisotopic (exact) mass is 954 g/mol. The zero-order chi connectivity index (χ0) is 48.4. The molecule has 0 radical (unpaired) electrons. The summed E-state index contributed by atoms with van der Waals surface area (Å²) in [5, 5.41) is 65.8. The van der Waals surface area contributed by atoms with Crippen LogP contribution in [0.5, 0.6) is 0 Å². The van der Waals surface area contributed by atoms with Gasteiger partial charge in [-0.05, 0) is 37.9 Å². The molecule has 0 aromatic heterocycles. The van der Waals surface area contributed by atoms with Crippen LogP contribution in [0.2, 0.25) is 0 Å². The van der Waals surface area contributed by atoms with Gasteiger partial charge in [0.2, 0.25) is 11.8 Å². The van der Waals surface area contributed by atoms with Gasteiger partial charge in [0.1, 0.15) is 18.9 Å². The van der Waals surface area contributed by atoms with Crippen LogP contribution in [-0.2, 0) is 57.3 Å². The number of hydrogen-bond acceptors (Lipinski definition) is 17. The topological polar surface area (TPSA) is 356 Å². The van der Waals surface area contributed by atoms with Crippen LogP contribution in [0.25, 0.3) is 0 Å². The molecule has 27 heteroatoms. The smallest absolute Gasteiger partial charge is 0.326 e. The molecule has 2 amide bonds. The predicted octanol–water partition coefficient (Wildman–Crippen LogP) is -3.49. The molecular weight excluding hydrogens is 889 g/mol. The number of thiocarbonyl (C=S) groups is 1. The molecule has 2 atom stereocenters. The number of carbonyl (C=O) groups excluding carboxylic acids is 2. The Kier molecular flexibility index (Phi) is 31.7. The van der Waals surface area contributed by atoms with E-state index in [1.54, 1.807) is 14.7 Å². The minimum absolute atomic E-state index is 0.0196. The SMILES string of the molecule is O=C(O)CC[C@H](NC(=S)N[C@@H](CCCCNC(=O)CCOCCOCCOCOCCNC(=O)CN1CCN(CC(=O)O)CCN(CC(=O)O)CCN(CC(=O)O)CC1)C(=O)O)C(=O)O. The van der Waals surface area contributed by atoms with Crippen molar-refractivity contribution in [2.75, 3.05) is 138 Å². The second-order valence-electron chi connectivity index (χ2n) is 14.7. The Hall–Kier alpha value is -4.87. The van der Waals surface area contributed by atoms with Crippen molar-refractivity contribution in [3.63, 3.8) is 0 Å². The minimum Gasteiger partial charge on any atom is -0.481 e. The van der Waals surface area contributed by atoms with Crippen LogP contribution in [0.15, 0.2) is 0 Å². The third-order valence-corrected chi connectivity index (χ3v) is 9.66. The van der Waals surface area contributed by atoms with E-state index in [2.05, 4.69) is 21.3 Å². The van der Waals surface area contributed by atoms with Crippen LogP contribution < -0.4 is 21.3 Å². The Morgan fingerprint density at radius 1 is 0.462 bits per heavy atom. The number of aliphatic carboxylic acids is 6. The van der Waals surface area contributed by atoms with Gasteiger partial charge in [-0.1, -0.05) is 0 Å². The molecule has 0 unspecified atom stereocenters. The van der Waals surface area contributed by atoms with Gasteiger partial charge in [-0.2, -0.15) is 0 Å². The molecule has 0 bridgehead atoms.